The van der Waals surface area contributed by atoms with Gasteiger partial charge in [0.1, 0.15) is 17.3 Å². The summed E-state index contributed by atoms with van der Waals surface area (Å²) in [5, 5.41) is 11.7. The Bertz CT molecular complexity index is 1360. The highest BCUT2D eigenvalue weighted by atomic mass is 35.5. The van der Waals surface area contributed by atoms with E-state index in [4.69, 9.17) is 21.1 Å². The zero-order valence-electron chi connectivity index (χ0n) is 21.4. The molecular weight excluding hydrogens is 492 g/mol. The summed E-state index contributed by atoms with van der Waals surface area (Å²) in [6.45, 7) is 3.83. The van der Waals surface area contributed by atoms with Gasteiger partial charge in [0.2, 0.25) is 0 Å². The third kappa shape index (κ3) is 5.13. The second-order valence-corrected chi connectivity index (χ2v) is 9.57. The average molecular weight is 521 g/mol. The molecule has 0 spiro atoms. The van der Waals surface area contributed by atoms with E-state index in [1.165, 1.54) is 18.1 Å². The van der Waals surface area contributed by atoms with Crippen molar-refractivity contribution in [2.45, 2.75) is 26.0 Å². The molecule has 1 fully saturated rings. The Kier molecular flexibility index (Phi) is 7.45. The largest absolute Gasteiger partial charge is 0.507 e. The van der Waals surface area contributed by atoms with E-state index < -0.39 is 17.7 Å². The molecule has 0 radical (unpaired) electrons. The first-order valence-electron chi connectivity index (χ1n) is 11.8. The molecule has 192 valence electrons. The summed E-state index contributed by atoms with van der Waals surface area (Å²) in [7, 11) is 5.32. The average Bonchev–Trinajstić information content (AvgIpc) is 3.14. The van der Waals surface area contributed by atoms with Gasteiger partial charge in [-0.3, -0.25) is 14.5 Å². The number of aliphatic hydroxyl groups is 1. The van der Waals surface area contributed by atoms with Crippen LogP contribution in [-0.4, -0.2) is 44.1 Å². The van der Waals surface area contributed by atoms with Gasteiger partial charge in [0, 0.05) is 31.0 Å². The zero-order chi connectivity index (χ0) is 26.9. The summed E-state index contributed by atoms with van der Waals surface area (Å²) in [5.41, 5.74) is 2.19. The maximum atomic E-state index is 13.5. The molecule has 0 saturated carbocycles. The third-order valence-corrected chi connectivity index (χ3v) is 6.39. The van der Waals surface area contributed by atoms with E-state index in [1.807, 2.05) is 45.0 Å². The van der Waals surface area contributed by atoms with E-state index in [-0.39, 0.29) is 28.0 Å². The maximum absolute atomic E-state index is 13.5. The number of ether oxygens (including phenoxy) is 2. The van der Waals surface area contributed by atoms with Crippen LogP contribution in [-0.2, 0) is 9.59 Å². The van der Waals surface area contributed by atoms with Crippen molar-refractivity contribution in [3.05, 3.63) is 88.5 Å². The molecule has 3 aromatic rings. The van der Waals surface area contributed by atoms with Crippen LogP contribution in [0.1, 0.15) is 31.0 Å². The standard InChI is InChI=1S/C29H29ClN2O5/c1-17(2)37-22-8-6-7-18(15-22)26-25(27(33)23-16-21(36-5)13-14-24(23)30)28(34)29(35)32(26)20-11-9-19(10-12-20)31(3)4/h6-17,26,33H,1-5H3/b27-25+. The van der Waals surface area contributed by atoms with E-state index >= 15 is 0 Å². The smallest absolute Gasteiger partial charge is 0.300 e. The number of nitrogens with zero attached hydrogens (tertiary/aromatic N) is 2. The Morgan fingerprint density at radius 2 is 1.70 bits per heavy atom. The van der Waals surface area contributed by atoms with E-state index in [9.17, 15) is 14.7 Å². The van der Waals surface area contributed by atoms with Gasteiger partial charge in [-0.05, 0) is 74.0 Å². The summed E-state index contributed by atoms with van der Waals surface area (Å²) >= 11 is 6.40. The van der Waals surface area contributed by atoms with Crippen LogP contribution >= 0.6 is 11.6 Å². The molecule has 1 aliphatic heterocycles. The number of benzene rings is 3. The van der Waals surface area contributed by atoms with Gasteiger partial charge in [-0.1, -0.05) is 23.7 Å². The lowest BCUT2D eigenvalue weighted by Crippen LogP contribution is -2.29. The van der Waals surface area contributed by atoms with Gasteiger partial charge >= 0.3 is 0 Å². The maximum Gasteiger partial charge on any atom is 0.300 e. The predicted octanol–water partition coefficient (Wildman–Crippen LogP) is 5.83. The number of halogens is 1. The molecule has 1 amide bonds. The van der Waals surface area contributed by atoms with Crippen molar-refractivity contribution >= 4 is 40.4 Å². The summed E-state index contributed by atoms with van der Waals surface area (Å²) < 4.78 is 11.2. The van der Waals surface area contributed by atoms with Crippen LogP contribution in [0.15, 0.2) is 72.3 Å². The number of methoxy groups -OCH3 is 1. The molecule has 4 rings (SSSR count). The van der Waals surface area contributed by atoms with Crippen LogP contribution in [0.3, 0.4) is 0 Å². The van der Waals surface area contributed by atoms with Gasteiger partial charge in [0.15, 0.2) is 0 Å². The number of hydrogen-bond donors (Lipinski definition) is 1. The molecule has 0 aliphatic carbocycles. The molecule has 0 aromatic heterocycles. The molecule has 3 aromatic carbocycles. The Labute approximate surface area is 221 Å². The van der Waals surface area contributed by atoms with E-state index in [0.29, 0.717) is 22.7 Å². The monoisotopic (exact) mass is 520 g/mol. The minimum Gasteiger partial charge on any atom is -0.507 e. The fourth-order valence-electron chi connectivity index (χ4n) is 4.31. The first kappa shape index (κ1) is 26.1. The summed E-state index contributed by atoms with van der Waals surface area (Å²) in [4.78, 5) is 30.3. The number of hydrogen-bond acceptors (Lipinski definition) is 6. The van der Waals surface area contributed by atoms with Gasteiger partial charge in [-0.15, -0.1) is 0 Å². The zero-order valence-corrected chi connectivity index (χ0v) is 22.1. The fraction of sp³-hybridized carbons (Fsp3) is 0.241. The number of ketones is 1. The van der Waals surface area contributed by atoms with Crippen LogP contribution in [0.5, 0.6) is 11.5 Å². The van der Waals surface area contributed by atoms with E-state index in [2.05, 4.69) is 0 Å². The van der Waals surface area contributed by atoms with Crippen molar-refractivity contribution in [2.75, 3.05) is 31.0 Å². The molecule has 1 aliphatic rings. The summed E-state index contributed by atoms with van der Waals surface area (Å²) in [6.07, 6.45) is -0.0734. The molecule has 0 bridgehead atoms. The third-order valence-electron chi connectivity index (χ3n) is 6.06. The van der Waals surface area contributed by atoms with Gasteiger partial charge in [-0.2, -0.15) is 0 Å². The number of carbonyl (C=O) groups is 2. The minimum atomic E-state index is -0.914. The van der Waals surface area contributed by atoms with Crippen LogP contribution in [0, 0.1) is 0 Å². The molecule has 7 nitrogen and oxygen atoms in total. The molecule has 1 heterocycles. The fourth-order valence-corrected chi connectivity index (χ4v) is 4.52. The van der Waals surface area contributed by atoms with Crippen LogP contribution in [0.4, 0.5) is 11.4 Å². The van der Waals surface area contributed by atoms with Crippen molar-refractivity contribution in [3.8, 4) is 11.5 Å². The SMILES string of the molecule is COc1ccc(Cl)c(/C(O)=C2\C(=O)C(=O)N(c3ccc(N(C)C)cc3)C2c2cccc(OC(C)C)c2)c1. The van der Waals surface area contributed by atoms with Crippen molar-refractivity contribution in [3.63, 3.8) is 0 Å². The second-order valence-electron chi connectivity index (χ2n) is 9.16. The second kappa shape index (κ2) is 10.6. The van der Waals surface area contributed by atoms with Crippen LogP contribution < -0.4 is 19.3 Å². The predicted molar refractivity (Wildman–Crippen MR) is 146 cm³/mol. The van der Waals surface area contributed by atoms with Crippen molar-refractivity contribution in [1.29, 1.82) is 0 Å². The minimum absolute atomic E-state index is 0.0708. The Balaban J connectivity index is 1.94. The highest BCUT2D eigenvalue weighted by Crippen LogP contribution is 2.44. The number of Topliss-reactive ketones (excluding diaryl/α,β-unsaturated/α-hetero) is 1. The number of aliphatic hydroxyl groups excluding tert-OH is 1. The first-order chi connectivity index (χ1) is 17.6. The van der Waals surface area contributed by atoms with E-state index in [0.717, 1.165) is 5.69 Å². The number of amides is 1. The molecule has 37 heavy (non-hydrogen) atoms. The van der Waals surface area contributed by atoms with Gasteiger partial charge in [0.25, 0.3) is 11.7 Å². The molecule has 8 heteroatoms. The Morgan fingerprint density at radius 1 is 1.00 bits per heavy atom. The lowest BCUT2D eigenvalue weighted by Gasteiger charge is -2.26. The van der Waals surface area contributed by atoms with Crippen LogP contribution in [0.25, 0.3) is 5.76 Å². The highest BCUT2D eigenvalue weighted by molar-refractivity contribution is 6.52. The van der Waals surface area contributed by atoms with Crippen molar-refractivity contribution in [1.82, 2.24) is 0 Å². The molecule has 1 saturated heterocycles. The Morgan fingerprint density at radius 3 is 2.32 bits per heavy atom. The molecule has 1 atom stereocenters. The molecule has 1 N–H and O–H groups in total. The summed E-state index contributed by atoms with van der Waals surface area (Å²) in [5.74, 6) is -0.912. The highest BCUT2D eigenvalue weighted by Gasteiger charge is 2.47. The lowest BCUT2D eigenvalue weighted by atomic mass is 9.94. The van der Waals surface area contributed by atoms with Crippen molar-refractivity contribution in [2.24, 2.45) is 0 Å². The van der Waals surface area contributed by atoms with Crippen molar-refractivity contribution < 1.29 is 24.2 Å². The van der Waals surface area contributed by atoms with Crippen LogP contribution in [0.2, 0.25) is 5.02 Å². The Hall–Kier alpha value is -3.97. The summed E-state index contributed by atoms with van der Waals surface area (Å²) in [6, 6.07) is 18.3. The quantitative estimate of drug-likeness (QED) is 0.240. The van der Waals surface area contributed by atoms with E-state index in [1.54, 1.807) is 48.5 Å². The van der Waals surface area contributed by atoms with Gasteiger partial charge in [-0.25, -0.2) is 0 Å². The first-order valence-corrected chi connectivity index (χ1v) is 12.2. The number of anilines is 2. The number of carbonyl (C=O) groups excluding carboxylic acids is 2. The number of rotatable bonds is 7. The lowest BCUT2D eigenvalue weighted by molar-refractivity contribution is -0.132. The molecule has 1 unspecified atom stereocenters. The van der Waals surface area contributed by atoms with Gasteiger partial charge < -0.3 is 19.5 Å². The topological polar surface area (TPSA) is 79.3 Å². The van der Waals surface area contributed by atoms with Gasteiger partial charge in [0.05, 0.1) is 29.9 Å². The molecular formula is C29H29ClN2O5. The normalized spacial score (nSPS) is 16.8.